The van der Waals surface area contributed by atoms with Gasteiger partial charge in [0.05, 0.1) is 25.4 Å². The summed E-state index contributed by atoms with van der Waals surface area (Å²) in [5, 5.41) is 7.09. The summed E-state index contributed by atoms with van der Waals surface area (Å²) in [4.78, 5) is 15.7. The fourth-order valence-corrected chi connectivity index (χ4v) is 4.67. The first-order chi connectivity index (χ1) is 14.6. The summed E-state index contributed by atoms with van der Waals surface area (Å²) in [5.74, 6) is 0.770. The second-order valence-electron chi connectivity index (χ2n) is 8.04. The van der Waals surface area contributed by atoms with Gasteiger partial charge >= 0.3 is 0 Å². The third kappa shape index (κ3) is 4.23. The zero-order chi connectivity index (χ0) is 21.1. The topological polar surface area (TPSA) is 45.1 Å². The summed E-state index contributed by atoms with van der Waals surface area (Å²) in [6, 6.07) is 15.7. The van der Waals surface area contributed by atoms with E-state index < -0.39 is 0 Å². The number of rotatable bonds is 5. The molecule has 30 heavy (non-hydrogen) atoms. The highest BCUT2D eigenvalue weighted by molar-refractivity contribution is 6.31. The van der Waals surface area contributed by atoms with Gasteiger partial charge in [-0.15, -0.1) is 0 Å². The molecule has 1 amide bonds. The van der Waals surface area contributed by atoms with Crippen LogP contribution in [0.1, 0.15) is 49.8 Å². The van der Waals surface area contributed by atoms with Gasteiger partial charge in [0.2, 0.25) is 0 Å². The lowest BCUT2D eigenvalue weighted by molar-refractivity contribution is -0.135. The fourth-order valence-electron chi connectivity index (χ4n) is 4.41. The van der Waals surface area contributed by atoms with E-state index in [2.05, 4.69) is 11.8 Å². The number of hydrazone groups is 1. The zero-order valence-electron chi connectivity index (χ0n) is 17.6. The molecular formula is C24H28ClN3O2. The molecule has 0 unspecified atom stereocenters. The van der Waals surface area contributed by atoms with E-state index in [1.54, 1.807) is 12.1 Å². The Labute approximate surface area is 183 Å². The summed E-state index contributed by atoms with van der Waals surface area (Å²) in [6.07, 6.45) is 4.11. The number of methoxy groups -OCH3 is 1. The Morgan fingerprint density at radius 2 is 1.93 bits per heavy atom. The maximum atomic E-state index is 13.4. The van der Waals surface area contributed by atoms with Crippen molar-refractivity contribution in [2.45, 2.75) is 44.7 Å². The molecule has 2 heterocycles. The number of para-hydroxylation sites is 1. The van der Waals surface area contributed by atoms with Gasteiger partial charge in [0, 0.05) is 23.0 Å². The van der Waals surface area contributed by atoms with Gasteiger partial charge in [0.15, 0.2) is 0 Å². The summed E-state index contributed by atoms with van der Waals surface area (Å²) in [5.41, 5.74) is 2.68. The molecule has 2 aromatic rings. The molecule has 6 heteroatoms. The molecule has 2 aliphatic heterocycles. The van der Waals surface area contributed by atoms with Crippen molar-refractivity contribution in [3.63, 3.8) is 0 Å². The van der Waals surface area contributed by atoms with Crippen molar-refractivity contribution in [3.05, 3.63) is 64.7 Å². The lowest BCUT2D eigenvalue weighted by Gasteiger charge is -2.34. The average Bonchev–Trinajstić information content (AvgIpc) is 3.21. The van der Waals surface area contributed by atoms with Crippen molar-refractivity contribution in [1.82, 2.24) is 9.91 Å². The molecule has 4 rings (SSSR count). The minimum Gasteiger partial charge on any atom is -0.496 e. The van der Waals surface area contributed by atoms with Gasteiger partial charge in [-0.1, -0.05) is 48.4 Å². The lowest BCUT2D eigenvalue weighted by Crippen LogP contribution is -2.44. The second kappa shape index (κ2) is 9.19. The van der Waals surface area contributed by atoms with Crippen molar-refractivity contribution in [2.24, 2.45) is 5.10 Å². The highest BCUT2D eigenvalue weighted by atomic mass is 35.5. The van der Waals surface area contributed by atoms with Gasteiger partial charge in [-0.05, 0) is 50.1 Å². The van der Waals surface area contributed by atoms with Gasteiger partial charge in [-0.2, -0.15) is 5.10 Å². The molecule has 5 nitrogen and oxygen atoms in total. The van der Waals surface area contributed by atoms with Crippen LogP contribution >= 0.6 is 11.6 Å². The van der Waals surface area contributed by atoms with Crippen molar-refractivity contribution in [2.75, 3.05) is 20.2 Å². The summed E-state index contributed by atoms with van der Waals surface area (Å²) in [7, 11) is 1.65. The van der Waals surface area contributed by atoms with Crippen molar-refractivity contribution in [3.8, 4) is 5.75 Å². The first-order valence-electron chi connectivity index (χ1n) is 10.6. The van der Waals surface area contributed by atoms with E-state index in [4.69, 9.17) is 21.4 Å². The second-order valence-corrected chi connectivity index (χ2v) is 8.45. The maximum absolute atomic E-state index is 13.4. The Morgan fingerprint density at radius 1 is 1.17 bits per heavy atom. The third-order valence-corrected chi connectivity index (χ3v) is 6.47. The summed E-state index contributed by atoms with van der Waals surface area (Å²) in [6.45, 7) is 3.54. The minimum atomic E-state index is -0.216. The Balaban J connectivity index is 1.66. The molecule has 2 aliphatic rings. The number of halogens is 1. The molecule has 0 spiro atoms. The number of carbonyl (C=O) groups excluding carboxylic acids is 1. The Bertz CT molecular complexity index is 946. The number of amides is 1. The van der Waals surface area contributed by atoms with Crippen LogP contribution in [0, 0.1) is 0 Å². The Hall–Kier alpha value is -2.37. The van der Waals surface area contributed by atoms with E-state index in [-0.39, 0.29) is 11.9 Å². The number of carbonyl (C=O) groups is 1. The molecule has 158 valence electrons. The first kappa shape index (κ1) is 20.9. The fraction of sp³-hybridized carbons (Fsp3) is 0.417. The van der Waals surface area contributed by atoms with Crippen LogP contribution in [0.2, 0.25) is 5.02 Å². The molecule has 1 saturated heterocycles. The molecule has 1 fully saturated rings. The number of benzene rings is 2. The van der Waals surface area contributed by atoms with Crippen LogP contribution in [-0.2, 0) is 4.79 Å². The van der Waals surface area contributed by atoms with Gasteiger partial charge in [-0.3, -0.25) is 9.69 Å². The monoisotopic (exact) mass is 425 g/mol. The molecule has 0 aliphatic carbocycles. The predicted octanol–water partition coefficient (Wildman–Crippen LogP) is 4.90. The van der Waals surface area contributed by atoms with Crippen LogP contribution in [0.5, 0.6) is 5.75 Å². The third-order valence-electron chi connectivity index (χ3n) is 6.13. The molecule has 0 aromatic heterocycles. The van der Waals surface area contributed by atoms with E-state index >= 15 is 0 Å². The highest BCUT2D eigenvalue weighted by Gasteiger charge is 2.36. The molecule has 2 aromatic carbocycles. The minimum absolute atomic E-state index is 0.0126. The number of hydrogen-bond acceptors (Lipinski definition) is 4. The number of likely N-dealkylation sites (tertiary alicyclic amines) is 1. The summed E-state index contributed by atoms with van der Waals surface area (Å²) >= 11 is 6.52. The predicted molar refractivity (Wildman–Crippen MR) is 120 cm³/mol. The molecule has 2 atom stereocenters. The standard InChI is InChI=1S/C24H28ClN3O2/c1-17-9-7-8-14-27(17)16-24(29)28-22(18-10-3-5-12-20(18)25)15-21(26-28)19-11-4-6-13-23(19)30-2/h3-6,10-13,17,22H,7-9,14-16H2,1-2H3/t17-,22+/m0/s1. The van der Waals surface area contributed by atoms with Gasteiger partial charge in [0.1, 0.15) is 5.75 Å². The first-order valence-corrected chi connectivity index (χ1v) is 11.0. The number of hydrogen-bond donors (Lipinski definition) is 0. The largest absolute Gasteiger partial charge is 0.496 e. The quantitative estimate of drug-likeness (QED) is 0.684. The SMILES string of the molecule is COc1ccccc1C1=NN(C(=O)CN2CCCC[C@@H]2C)[C@@H](c2ccccc2Cl)C1. The number of nitrogens with zero attached hydrogens (tertiary/aromatic N) is 3. The molecular weight excluding hydrogens is 398 g/mol. The van der Waals surface area contributed by atoms with Crippen LogP contribution in [0.4, 0.5) is 0 Å². The lowest BCUT2D eigenvalue weighted by atomic mass is 9.97. The van der Waals surface area contributed by atoms with E-state index in [0.717, 1.165) is 42.0 Å². The van der Waals surface area contributed by atoms with E-state index in [9.17, 15) is 4.79 Å². The normalized spacial score (nSPS) is 22.1. The van der Waals surface area contributed by atoms with Gasteiger partial charge in [0.25, 0.3) is 5.91 Å². The van der Waals surface area contributed by atoms with Crippen LogP contribution in [0.25, 0.3) is 0 Å². The van der Waals surface area contributed by atoms with Crippen LogP contribution in [0.15, 0.2) is 53.6 Å². The Morgan fingerprint density at radius 3 is 2.70 bits per heavy atom. The van der Waals surface area contributed by atoms with Crippen LogP contribution in [-0.4, -0.2) is 47.8 Å². The Kier molecular flexibility index (Phi) is 6.40. The molecule has 0 radical (unpaired) electrons. The van der Waals surface area contributed by atoms with E-state index in [1.807, 2.05) is 48.5 Å². The van der Waals surface area contributed by atoms with Crippen molar-refractivity contribution >= 4 is 23.2 Å². The maximum Gasteiger partial charge on any atom is 0.257 e. The smallest absolute Gasteiger partial charge is 0.257 e. The summed E-state index contributed by atoms with van der Waals surface area (Å²) < 4.78 is 5.54. The number of piperidine rings is 1. The van der Waals surface area contributed by atoms with Crippen molar-refractivity contribution < 1.29 is 9.53 Å². The highest BCUT2D eigenvalue weighted by Crippen LogP contribution is 2.38. The number of ether oxygens (including phenoxy) is 1. The van der Waals surface area contributed by atoms with Crippen molar-refractivity contribution in [1.29, 1.82) is 0 Å². The molecule has 0 saturated carbocycles. The molecule has 0 bridgehead atoms. The van der Waals surface area contributed by atoms with E-state index in [1.165, 1.54) is 6.42 Å². The van der Waals surface area contributed by atoms with Crippen LogP contribution in [0.3, 0.4) is 0 Å². The average molecular weight is 426 g/mol. The van der Waals surface area contributed by atoms with Crippen LogP contribution < -0.4 is 4.74 Å². The van der Waals surface area contributed by atoms with Gasteiger partial charge in [-0.25, -0.2) is 5.01 Å². The molecule has 0 N–H and O–H groups in total. The van der Waals surface area contributed by atoms with Gasteiger partial charge < -0.3 is 4.74 Å². The van der Waals surface area contributed by atoms with E-state index in [0.29, 0.717) is 24.0 Å². The zero-order valence-corrected chi connectivity index (χ0v) is 18.3.